The zero-order valence-electron chi connectivity index (χ0n) is 16.3. The van der Waals surface area contributed by atoms with Crippen LogP contribution in [-0.4, -0.2) is 12.3 Å². The number of benzene rings is 2. The van der Waals surface area contributed by atoms with Crippen molar-refractivity contribution < 1.29 is 4.79 Å². The molecule has 2 heteroatoms. The van der Waals surface area contributed by atoms with Crippen molar-refractivity contribution in [2.45, 2.75) is 52.9 Å². The average molecular weight is 350 g/mol. The van der Waals surface area contributed by atoms with Gasteiger partial charge in [0.25, 0.3) is 0 Å². The molecule has 0 unspecified atom stereocenters. The smallest absolute Gasteiger partial charge is 0.165 e. The Bertz CT molecular complexity index is 714. The number of hydrogen-bond donors (Lipinski definition) is 1. The fourth-order valence-electron chi connectivity index (χ4n) is 2.96. The predicted octanol–water partition coefficient (Wildman–Crippen LogP) is 6.01. The Balaban J connectivity index is 2.55. The second-order valence-electron chi connectivity index (χ2n) is 6.79. The van der Waals surface area contributed by atoms with Gasteiger partial charge in [-0.25, -0.2) is 0 Å². The fraction of sp³-hybridized carbons (Fsp3) is 0.375. The van der Waals surface area contributed by atoms with Gasteiger partial charge in [-0.05, 0) is 30.9 Å². The minimum atomic E-state index is 0.220. The third-order valence-electron chi connectivity index (χ3n) is 4.52. The maximum absolute atomic E-state index is 13.1. The second-order valence-corrected chi connectivity index (χ2v) is 6.79. The van der Waals surface area contributed by atoms with Crippen LogP contribution in [0.4, 0.5) is 0 Å². The summed E-state index contributed by atoms with van der Waals surface area (Å²) in [6, 6.07) is 18.5. The standard InChI is InChI=1S/C24H31NO/c1-4-6-13-22(26)23(20-11-9-8-10-12-20)24(25-18-7-5-2)21-16-14-19(3)15-17-21/h8-12,14-17,25H,4-7,13,18H2,1-3H3/b24-23+. The molecule has 0 bridgehead atoms. The van der Waals surface area contributed by atoms with Gasteiger partial charge < -0.3 is 5.32 Å². The highest BCUT2D eigenvalue weighted by Gasteiger charge is 2.18. The second kappa shape index (κ2) is 10.6. The topological polar surface area (TPSA) is 29.1 Å². The first-order valence-corrected chi connectivity index (χ1v) is 9.81. The van der Waals surface area contributed by atoms with E-state index in [9.17, 15) is 4.79 Å². The van der Waals surface area contributed by atoms with Crippen molar-refractivity contribution in [2.24, 2.45) is 0 Å². The van der Waals surface area contributed by atoms with Gasteiger partial charge in [-0.2, -0.15) is 0 Å². The Morgan fingerprint density at radius 2 is 1.50 bits per heavy atom. The molecule has 0 aliphatic rings. The highest BCUT2D eigenvalue weighted by atomic mass is 16.1. The van der Waals surface area contributed by atoms with Crippen LogP contribution in [0.3, 0.4) is 0 Å². The van der Waals surface area contributed by atoms with Crippen molar-refractivity contribution in [1.82, 2.24) is 5.32 Å². The number of ketones is 1. The molecule has 26 heavy (non-hydrogen) atoms. The molecular formula is C24H31NO. The van der Waals surface area contributed by atoms with Gasteiger partial charge in [-0.15, -0.1) is 0 Å². The quantitative estimate of drug-likeness (QED) is 0.323. The molecule has 1 N–H and O–H groups in total. The number of allylic oxidation sites excluding steroid dienone is 1. The van der Waals surface area contributed by atoms with E-state index in [1.807, 2.05) is 30.3 Å². The van der Waals surface area contributed by atoms with E-state index in [0.717, 1.165) is 54.6 Å². The molecule has 0 atom stereocenters. The third kappa shape index (κ3) is 5.59. The SMILES string of the molecule is CCCCN/C(=C(/C(=O)CCCC)c1ccccc1)c1ccc(C)cc1. The molecule has 2 nitrogen and oxygen atoms in total. The molecule has 2 rings (SSSR count). The van der Waals surface area contributed by atoms with E-state index in [1.165, 1.54) is 5.56 Å². The molecule has 2 aromatic rings. The summed E-state index contributed by atoms with van der Waals surface area (Å²) in [5.74, 6) is 0.220. The number of carbonyl (C=O) groups is 1. The molecule has 0 saturated carbocycles. The molecule has 138 valence electrons. The van der Waals surface area contributed by atoms with Crippen LogP contribution in [0.15, 0.2) is 54.6 Å². The van der Waals surface area contributed by atoms with Crippen LogP contribution in [0.1, 0.15) is 62.6 Å². The summed E-state index contributed by atoms with van der Waals surface area (Å²) in [7, 11) is 0. The molecule has 0 aliphatic carbocycles. The van der Waals surface area contributed by atoms with Gasteiger partial charge >= 0.3 is 0 Å². The lowest BCUT2D eigenvalue weighted by molar-refractivity contribution is -0.113. The summed E-state index contributed by atoms with van der Waals surface area (Å²) in [5.41, 5.74) is 5.08. The lowest BCUT2D eigenvalue weighted by Gasteiger charge is -2.18. The molecular weight excluding hydrogens is 318 g/mol. The number of Topliss-reactive ketones (excluding diaryl/α,β-unsaturated/α-hetero) is 1. The van der Waals surface area contributed by atoms with E-state index < -0.39 is 0 Å². The number of nitrogens with one attached hydrogen (secondary N) is 1. The summed E-state index contributed by atoms with van der Waals surface area (Å²) < 4.78 is 0. The lowest BCUT2D eigenvalue weighted by atomic mass is 9.93. The van der Waals surface area contributed by atoms with E-state index >= 15 is 0 Å². The van der Waals surface area contributed by atoms with Crippen LogP contribution in [0.25, 0.3) is 11.3 Å². The Morgan fingerprint density at radius 1 is 0.846 bits per heavy atom. The van der Waals surface area contributed by atoms with Gasteiger partial charge in [0.1, 0.15) is 0 Å². The summed E-state index contributed by atoms with van der Waals surface area (Å²) >= 11 is 0. The normalized spacial score (nSPS) is 11.8. The summed E-state index contributed by atoms with van der Waals surface area (Å²) in [4.78, 5) is 13.1. The molecule has 2 aromatic carbocycles. The Morgan fingerprint density at radius 3 is 2.12 bits per heavy atom. The maximum Gasteiger partial charge on any atom is 0.165 e. The van der Waals surface area contributed by atoms with Gasteiger partial charge in [0.15, 0.2) is 5.78 Å². The van der Waals surface area contributed by atoms with Crippen LogP contribution < -0.4 is 5.32 Å². The highest BCUT2D eigenvalue weighted by molar-refractivity contribution is 6.27. The van der Waals surface area contributed by atoms with Crippen molar-refractivity contribution in [1.29, 1.82) is 0 Å². The van der Waals surface area contributed by atoms with Crippen molar-refractivity contribution in [3.63, 3.8) is 0 Å². The zero-order valence-corrected chi connectivity index (χ0v) is 16.3. The first kappa shape index (κ1) is 20.0. The van der Waals surface area contributed by atoms with E-state index in [4.69, 9.17) is 0 Å². The van der Waals surface area contributed by atoms with Gasteiger partial charge in [0.05, 0.1) is 5.70 Å². The van der Waals surface area contributed by atoms with Gasteiger partial charge in [0.2, 0.25) is 0 Å². The Hall–Kier alpha value is -2.35. The summed E-state index contributed by atoms with van der Waals surface area (Å²) in [6.07, 6.45) is 4.74. The highest BCUT2D eigenvalue weighted by Crippen LogP contribution is 2.27. The first-order valence-electron chi connectivity index (χ1n) is 9.81. The fourth-order valence-corrected chi connectivity index (χ4v) is 2.96. The minimum absolute atomic E-state index is 0.220. The van der Waals surface area contributed by atoms with Gasteiger partial charge in [-0.3, -0.25) is 4.79 Å². The molecule has 0 radical (unpaired) electrons. The van der Waals surface area contributed by atoms with Gasteiger partial charge in [0, 0.05) is 18.5 Å². The molecule has 0 aliphatic heterocycles. The van der Waals surface area contributed by atoms with Crippen LogP contribution in [0, 0.1) is 6.92 Å². The zero-order chi connectivity index (χ0) is 18.8. The molecule has 0 amide bonds. The molecule has 0 heterocycles. The third-order valence-corrected chi connectivity index (χ3v) is 4.52. The number of unbranched alkanes of at least 4 members (excludes halogenated alkanes) is 2. The Labute approximate surface area is 158 Å². The lowest BCUT2D eigenvalue weighted by Crippen LogP contribution is -2.18. The van der Waals surface area contributed by atoms with Crippen molar-refractivity contribution in [3.8, 4) is 0 Å². The van der Waals surface area contributed by atoms with Crippen LogP contribution in [-0.2, 0) is 4.79 Å². The van der Waals surface area contributed by atoms with Gasteiger partial charge in [-0.1, -0.05) is 86.8 Å². The summed E-state index contributed by atoms with van der Waals surface area (Å²) in [6.45, 7) is 7.26. The molecule has 0 aromatic heterocycles. The number of carbonyl (C=O) groups excluding carboxylic acids is 1. The minimum Gasteiger partial charge on any atom is -0.384 e. The molecule has 0 saturated heterocycles. The van der Waals surface area contributed by atoms with E-state index in [1.54, 1.807) is 0 Å². The first-order chi connectivity index (χ1) is 12.7. The van der Waals surface area contributed by atoms with Crippen molar-refractivity contribution >= 4 is 17.1 Å². The monoisotopic (exact) mass is 349 g/mol. The number of aryl methyl sites for hydroxylation is 1. The van der Waals surface area contributed by atoms with E-state index in [2.05, 4.69) is 50.4 Å². The number of rotatable bonds is 10. The largest absolute Gasteiger partial charge is 0.384 e. The summed E-state index contributed by atoms with van der Waals surface area (Å²) in [5, 5.41) is 3.57. The van der Waals surface area contributed by atoms with Crippen molar-refractivity contribution in [3.05, 3.63) is 71.3 Å². The average Bonchev–Trinajstić information content (AvgIpc) is 2.67. The van der Waals surface area contributed by atoms with Crippen LogP contribution >= 0.6 is 0 Å². The van der Waals surface area contributed by atoms with Crippen molar-refractivity contribution in [2.75, 3.05) is 6.54 Å². The Kier molecular flexibility index (Phi) is 8.14. The number of hydrogen-bond acceptors (Lipinski definition) is 2. The van der Waals surface area contributed by atoms with E-state index in [-0.39, 0.29) is 5.78 Å². The van der Waals surface area contributed by atoms with Crippen LogP contribution in [0.5, 0.6) is 0 Å². The molecule has 0 fully saturated rings. The molecule has 0 spiro atoms. The predicted molar refractivity (Wildman–Crippen MR) is 112 cm³/mol. The van der Waals surface area contributed by atoms with E-state index in [0.29, 0.717) is 6.42 Å². The van der Waals surface area contributed by atoms with Crippen LogP contribution in [0.2, 0.25) is 0 Å². The maximum atomic E-state index is 13.1.